The predicted molar refractivity (Wildman–Crippen MR) is 72.0 cm³/mol. The maximum Gasteiger partial charge on any atom is 0.257 e. The van der Waals surface area contributed by atoms with E-state index in [9.17, 15) is 4.79 Å². The Hall–Kier alpha value is -1.40. The van der Waals surface area contributed by atoms with Crippen LogP contribution in [0.15, 0.2) is 12.4 Å². The van der Waals surface area contributed by atoms with E-state index in [0.29, 0.717) is 11.6 Å². The number of hydrogen-bond acceptors (Lipinski definition) is 4. The van der Waals surface area contributed by atoms with Crippen molar-refractivity contribution in [3.05, 3.63) is 18.0 Å². The van der Waals surface area contributed by atoms with Crippen LogP contribution in [0.25, 0.3) is 0 Å². The van der Waals surface area contributed by atoms with Gasteiger partial charge >= 0.3 is 0 Å². The maximum atomic E-state index is 12.1. The number of carbonyl (C=O) groups excluding carboxylic acids is 1. The molecule has 0 radical (unpaired) electrons. The number of piperazine rings is 1. The van der Waals surface area contributed by atoms with Gasteiger partial charge in [-0.3, -0.25) is 14.8 Å². The molecular formula is C13H21N5O. The van der Waals surface area contributed by atoms with Crippen molar-refractivity contribution in [3.8, 4) is 0 Å². The van der Waals surface area contributed by atoms with Crippen molar-refractivity contribution >= 4 is 5.91 Å². The molecule has 19 heavy (non-hydrogen) atoms. The zero-order valence-corrected chi connectivity index (χ0v) is 11.4. The van der Waals surface area contributed by atoms with Crippen LogP contribution in [0.2, 0.25) is 0 Å². The summed E-state index contributed by atoms with van der Waals surface area (Å²) in [5, 5.41) is 6.51. The predicted octanol–water partition coefficient (Wildman–Crippen LogP) is -0.128. The molecule has 0 aliphatic carbocycles. The summed E-state index contributed by atoms with van der Waals surface area (Å²) in [5.74, 6) is 0.0946. The summed E-state index contributed by atoms with van der Waals surface area (Å²) >= 11 is 0. The Morgan fingerprint density at radius 3 is 2.68 bits per heavy atom. The molecule has 0 bridgehead atoms. The Labute approximate surface area is 113 Å². The zero-order chi connectivity index (χ0) is 13.2. The summed E-state index contributed by atoms with van der Waals surface area (Å²) in [6.07, 6.45) is 3.26. The third kappa shape index (κ3) is 2.50. The van der Waals surface area contributed by atoms with Gasteiger partial charge < -0.3 is 9.80 Å². The molecule has 2 saturated heterocycles. The van der Waals surface area contributed by atoms with Crippen LogP contribution in [0.4, 0.5) is 0 Å². The summed E-state index contributed by atoms with van der Waals surface area (Å²) in [4.78, 5) is 19.0. The van der Waals surface area contributed by atoms with Gasteiger partial charge in [0.2, 0.25) is 0 Å². The van der Waals surface area contributed by atoms with Crippen molar-refractivity contribution in [1.29, 1.82) is 0 Å². The molecule has 1 aromatic rings. The minimum atomic E-state index is 0.0946. The van der Waals surface area contributed by atoms with Gasteiger partial charge in [-0.05, 0) is 6.54 Å². The van der Waals surface area contributed by atoms with E-state index in [0.717, 1.165) is 45.8 Å². The second-order valence-corrected chi connectivity index (χ2v) is 5.32. The van der Waals surface area contributed by atoms with Gasteiger partial charge in [0.05, 0.1) is 11.8 Å². The van der Waals surface area contributed by atoms with E-state index in [1.165, 1.54) is 0 Å². The van der Waals surface area contributed by atoms with E-state index in [-0.39, 0.29) is 5.91 Å². The Kier molecular flexibility index (Phi) is 3.52. The Morgan fingerprint density at radius 1 is 1.37 bits per heavy atom. The molecule has 0 saturated carbocycles. The van der Waals surface area contributed by atoms with Crippen molar-refractivity contribution in [2.75, 3.05) is 45.8 Å². The molecule has 6 nitrogen and oxygen atoms in total. The molecule has 2 aliphatic rings. The minimum absolute atomic E-state index is 0.0946. The summed E-state index contributed by atoms with van der Waals surface area (Å²) in [6, 6.07) is 0.551. The number of H-pyrrole nitrogens is 1. The van der Waals surface area contributed by atoms with Gasteiger partial charge in [-0.2, -0.15) is 5.10 Å². The molecular weight excluding hydrogens is 242 g/mol. The van der Waals surface area contributed by atoms with Gasteiger partial charge in [0.25, 0.3) is 5.91 Å². The third-order valence-electron chi connectivity index (χ3n) is 4.27. The van der Waals surface area contributed by atoms with E-state index in [1.807, 2.05) is 4.90 Å². The minimum Gasteiger partial charge on any atom is -0.335 e. The second-order valence-electron chi connectivity index (χ2n) is 5.32. The lowest BCUT2D eigenvalue weighted by Gasteiger charge is -2.48. The molecule has 0 spiro atoms. The highest BCUT2D eigenvalue weighted by Crippen LogP contribution is 2.19. The number of nitrogens with zero attached hydrogens (tertiary/aromatic N) is 4. The number of likely N-dealkylation sites (N-methyl/N-ethyl adjacent to an activating group) is 1. The van der Waals surface area contributed by atoms with Crippen LogP contribution in [0.1, 0.15) is 17.3 Å². The molecule has 2 fully saturated rings. The first-order chi connectivity index (χ1) is 9.28. The number of hydrogen-bond donors (Lipinski definition) is 1. The highest BCUT2D eigenvalue weighted by molar-refractivity contribution is 5.94. The molecule has 0 unspecified atom stereocenters. The van der Waals surface area contributed by atoms with Crippen LogP contribution in [0.5, 0.6) is 0 Å². The van der Waals surface area contributed by atoms with Crippen molar-refractivity contribution in [2.24, 2.45) is 0 Å². The summed E-state index contributed by atoms with van der Waals surface area (Å²) in [6.45, 7) is 9.64. The van der Waals surface area contributed by atoms with Crippen molar-refractivity contribution in [2.45, 2.75) is 13.0 Å². The van der Waals surface area contributed by atoms with E-state index in [1.54, 1.807) is 12.4 Å². The number of carbonyl (C=O) groups is 1. The Bertz CT molecular complexity index is 418. The van der Waals surface area contributed by atoms with Crippen molar-refractivity contribution in [3.63, 3.8) is 0 Å². The number of rotatable bonds is 3. The molecule has 1 aromatic heterocycles. The molecule has 1 amide bonds. The maximum absolute atomic E-state index is 12.1. The monoisotopic (exact) mass is 263 g/mol. The van der Waals surface area contributed by atoms with Crippen LogP contribution in [-0.2, 0) is 0 Å². The van der Waals surface area contributed by atoms with E-state index < -0.39 is 0 Å². The highest BCUT2D eigenvalue weighted by atomic mass is 16.2. The van der Waals surface area contributed by atoms with Crippen LogP contribution < -0.4 is 0 Å². The van der Waals surface area contributed by atoms with Gasteiger partial charge in [-0.15, -0.1) is 0 Å². The van der Waals surface area contributed by atoms with Crippen molar-refractivity contribution < 1.29 is 4.79 Å². The quantitative estimate of drug-likeness (QED) is 0.825. The molecule has 2 aliphatic heterocycles. The average molecular weight is 263 g/mol. The molecule has 1 N–H and O–H groups in total. The van der Waals surface area contributed by atoms with Crippen LogP contribution in [-0.4, -0.2) is 82.7 Å². The molecule has 104 valence electrons. The van der Waals surface area contributed by atoms with Crippen LogP contribution >= 0.6 is 0 Å². The fraction of sp³-hybridized carbons (Fsp3) is 0.692. The first-order valence-electron chi connectivity index (χ1n) is 7.02. The second kappa shape index (κ2) is 5.30. The number of aromatic nitrogens is 2. The summed E-state index contributed by atoms with van der Waals surface area (Å²) in [5.41, 5.74) is 0.661. The van der Waals surface area contributed by atoms with Gasteiger partial charge in [0, 0.05) is 51.5 Å². The fourth-order valence-electron chi connectivity index (χ4n) is 2.85. The molecule has 6 heteroatoms. The lowest BCUT2D eigenvalue weighted by molar-refractivity contribution is 0.00841. The molecule has 0 aromatic carbocycles. The molecule has 3 heterocycles. The third-order valence-corrected chi connectivity index (χ3v) is 4.27. The number of aromatic amines is 1. The van der Waals surface area contributed by atoms with Crippen molar-refractivity contribution in [1.82, 2.24) is 24.9 Å². The highest BCUT2D eigenvalue weighted by Gasteiger charge is 2.36. The molecule has 3 rings (SSSR count). The van der Waals surface area contributed by atoms with E-state index in [4.69, 9.17) is 0 Å². The number of amides is 1. The van der Waals surface area contributed by atoms with Crippen LogP contribution in [0, 0.1) is 0 Å². The first-order valence-corrected chi connectivity index (χ1v) is 7.02. The van der Waals surface area contributed by atoms with E-state index in [2.05, 4.69) is 26.9 Å². The van der Waals surface area contributed by atoms with Gasteiger partial charge in [0.15, 0.2) is 0 Å². The van der Waals surface area contributed by atoms with Gasteiger partial charge in [-0.25, -0.2) is 0 Å². The SMILES string of the molecule is CCN1CCN(C2CN(C(=O)c3cn[nH]c3)C2)CC1. The Balaban J connectivity index is 1.47. The van der Waals surface area contributed by atoms with Gasteiger partial charge in [-0.1, -0.05) is 6.92 Å². The standard InChI is InChI=1S/C13H21N5O/c1-2-16-3-5-17(6-4-16)12-9-18(10-12)13(19)11-7-14-15-8-11/h7-8,12H,2-6,9-10H2,1H3,(H,14,15). The number of likely N-dealkylation sites (tertiary alicyclic amines) is 1. The zero-order valence-electron chi connectivity index (χ0n) is 11.4. The summed E-state index contributed by atoms with van der Waals surface area (Å²) < 4.78 is 0. The average Bonchev–Trinajstić information content (AvgIpc) is 2.91. The number of nitrogens with one attached hydrogen (secondary N) is 1. The lowest BCUT2D eigenvalue weighted by atomic mass is 10.0. The van der Waals surface area contributed by atoms with Gasteiger partial charge in [0.1, 0.15) is 0 Å². The summed E-state index contributed by atoms with van der Waals surface area (Å²) in [7, 11) is 0. The molecule has 0 atom stereocenters. The smallest absolute Gasteiger partial charge is 0.257 e. The lowest BCUT2D eigenvalue weighted by Crippen LogP contribution is -2.64. The van der Waals surface area contributed by atoms with E-state index >= 15 is 0 Å². The first kappa shape index (κ1) is 12.6. The normalized spacial score (nSPS) is 22.5. The largest absolute Gasteiger partial charge is 0.335 e. The topological polar surface area (TPSA) is 55.5 Å². The van der Waals surface area contributed by atoms with Crippen LogP contribution in [0.3, 0.4) is 0 Å². The Morgan fingerprint density at radius 2 is 2.11 bits per heavy atom. The fourth-order valence-corrected chi connectivity index (χ4v) is 2.85.